The number of hydrogen-bond donors (Lipinski definition) is 1. The molecule has 0 saturated heterocycles. The highest BCUT2D eigenvalue weighted by molar-refractivity contribution is 5.30. The highest BCUT2D eigenvalue weighted by atomic mass is 19.3. The van der Waals surface area contributed by atoms with Gasteiger partial charge >= 0.3 is 12.5 Å². The van der Waals surface area contributed by atoms with E-state index in [-0.39, 0.29) is 0 Å². The lowest BCUT2D eigenvalue weighted by Gasteiger charge is -2.18. The Bertz CT molecular complexity index is 382. The minimum absolute atomic E-state index is 0.361. The first kappa shape index (κ1) is 14.8. The lowest BCUT2D eigenvalue weighted by molar-refractivity contribution is -0.253. The molecule has 0 heterocycles. The average Bonchev–Trinajstić information content (AvgIpc) is 2.29. The smallest absolute Gasteiger partial charge is 0.428 e. The lowest BCUT2D eigenvalue weighted by atomic mass is 10.1. The fraction of sp³-hybridized carbons (Fsp3) is 0.500. The number of benzene rings is 1. The maximum atomic E-state index is 12.7. The SMILES string of the molecule is CCC[C@H](O)c1cccc(OC(F)(F)C(F)F)c1. The largest absolute Gasteiger partial charge is 0.461 e. The van der Waals surface area contributed by atoms with Crippen LogP contribution in [0.4, 0.5) is 17.6 Å². The van der Waals surface area contributed by atoms with Crippen LogP contribution < -0.4 is 4.74 Å². The van der Waals surface area contributed by atoms with Gasteiger partial charge < -0.3 is 9.84 Å². The van der Waals surface area contributed by atoms with Crippen LogP contribution in [0.25, 0.3) is 0 Å². The Morgan fingerprint density at radius 1 is 1.33 bits per heavy atom. The number of halogens is 4. The molecule has 0 aromatic heterocycles. The van der Waals surface area contributed by atoms with Gasteiger partial charge in [-0.05, 0) is 24.1 Å². The molecule has 18 heavy (non-hydrogen) atoms. The summed E-state index contributed by atoms with van der Waals surface area (Å²) in [6.07, 6.45) is -8.09. The van der Waals surface area contributed by atoms with E-state index in [2.05, 4.69) is 4.74 Å². The maximum absolute atomic E-state index is 12.7. The van der Waals surface area contributed by atoms with E-state index in [1.165, 1.54) is 12.1 Å². The number of ether oxygens (including phenoxy) is 1. The summed E-state index contributed by atoms with van der Waals surface area (Å²) in [6.45, 7) is 1.86. The molecule has 102 valence electrons. The van der Waals surface area contributed by atoms with Crippen LogP contribution in [0.5, 0.6) is 5.75 Å². The molecule has 1 N–H and O–H groups in total. The standard InChI is InChI=1S/C12H14F4O2/c1-2-4-10(17)8-5-3-6-9(7-8)18-12(15,16)11(13)14/h3,5-7,10-11,17H,2,4H2,1H3/t10-/m0/s1. The molecule has 0 amide bonds. The van der Waals surface area contributed by atoms with Crippen molar-refractivity contribution in [2.45, 2.75) is 38.4 Å². The van der Waals surface area contributed by atoms with Gasteiger partial charge in [0.25, 0.3) is 0 Å². The first-order chi connectivity index (χ1) is 8.36. The summed E-state index contributed by atoms with van der Waals surface area (Å²) >= 11 is 0. The van der Waals surface area contributed by atoms with Crippen LogP contribution in [0.3, 0.4) is 0 Å². The van der Waals surface area contributed by atoms with Gasteiger partial charge in [-0.2, -0.15) is 17.6 Å². The number of alkyl halides is 4. The molecule has 0 spiro atoms. The predicted octanol–water partition coefficient (Wildman–Crippen LogP) is 3.76. The summed E-state index contributed by atoms with van der Waals surface area (Å²) < 4.78 is 53.2. The van der Waals surface area contributed by atoms with Gasteiger partial charge in [-0.3, -0.25) is 0 Å². The van der Waals surface area contributed by atoms with Crippen LogP contribution >= 0.6 is 0 Å². The molecule has 1 aromatic carbocycles. The molecule has 0 saturated carbocycles. The Kier molecular flexibility index (Phi) is 4.95. The third-order valence-electron chi connectivity index (χ3n) is 2.31. The van der Waals surface area contributed by atoms with E-state index in [4.69, 9.17) is 0 Å². The van der Waals surface area contributed by atoms with Gasteiger partial charge in [0.15, 0.2) is 0 Å². The van der Waals surface area contributed by atoms with Gasteiger partial charge in [0.05, 0.1) is 6.10 Å². The predicted molar refractivity (Wildman–Crippen MR) is 57.9 cm³/mol. The quantitative estimate of drug-likeness (QED) is 0.794. The number of hydrogen-bond acceptors (Lipinski definition) is 2. The van der Waals surface area contributed by atoms with Crippen LogP contribution in [0.15, 0.2) is 24.3 Å². The Morgan fingerprint density at radius 3 is 2.56 bits per heavy atom. The van der Waals surface area contributed by atoms with Gasteiger partial charge in [-0.1, -0.05) is 25.5 Å². The Hall–Kier alpha value is -1.30. The molecule has 2 nitrogen and oxygen atoms in total. The van der Waals surface area contributed by atoms with Crippen LogP contribution in [0.1, 0.15) is 31.4 Å². The molecule has 0 radical (unpaired) electrons. The molecular weight excluding hydrogens is 252 g/mol. The molecule has 1 rings (SSSR count). The van der Waals surface area contributed by atoms with Crippen LogP contribution in [-0.4, -0.2) is 17.6 Å². The highest BCUT2D eigenvalue weighted by Gasteiger charge is 2.43. The molecule has 0 aliphatic heterocycles. The monoisotopic (exact) mass is 266 g/mol. The third-order valence-corrected chi connectivity index (χ3v) is 2.31. The molecule has 1 aromatic rings. The maximum Gasteiger partial charge on any atom is 0.461 e. The van der Waals surface area contributed by atoms with Crippen molar-refractivity contribution in [2.24, 2.45) is 0 Å². The van der Waals surface area contributed by atoms with Gasteiger partial charge in [-0.25, -0.2) is 0 Å². The summed E-state index contributed by atoms with van der Waals surface area (Å²) in [7, 11) is 0. The molecule has 0 fully saturated rings. The van der Waals surface area contributed by atoms with E-state index in [0.29, 0.717) is 18.4 Å². The van der Waals surface area contributed by atoms with Crippen molar-refractivity contribution in [3.8, 4) is 5.75 Å². The normalized spacial score (nSPS) is 13.7. The van der Waals surface area contributed by atoms with E-state index in [9.17, 15) is 22.7 Å². The molecule has 0 aliphatic carbocycles. The zero-order valence-corrected chi connectivity index (χ0v) is 9.75. The summed E-state index contributed by atoms with van der Waals surface area (Å²) in [4.78, 5) is 0. The average molecular weight is 266 g/mol. The molecule has 6 heteroatoms. The zero-order valence-electron chi connectivity index (χ0n) is 9.75. The molecule has 0 aliphatic rings. The lowest BCUT2D eigenvalue weighted by Crippen LogP contribution is -2.33. The van der Waals surface area contributed by atoms with Crippen molar-refractivity contribution in [2.75, 3.05) is 0 Å². The van der Waals surface area contributed by atoms with Crippen molar-refractivity contribution in [1.29, 1.82) is 0 Å². The Balaban J connectivity index is 2.82. The topological polar surface area (TPSA) is 29.5 Å². The van der Waals surface area contributed by atoms with Crippen LogP contribution in [-0.2, 0) is 0 Å². The summed E-state index contributed by atoms with van der Waals surface area (Å²) in [5, 5.41) is 9.66. The fourth-order valence-electron chi connectivity index (χ4n) is 1.43. The third kappa shape index (κ3) is 3.87. The minimum Gasteiger partial charge on any atom is -0.428 e. The first-order valence-corrected chi connectivity index (χ1v) is 5.49. The second-order valence-electron chi connectivity index (χ2n) is 3.84. The van der Waals surface area contributed by atoms with E-state index in [0.717, 1.165) is 12.1 Å². The molecule has 0 unspecified atom stereocenters. The Labute approximate surface area is 102 Å². The highest BCUT2D eigenvalue weighted by Crippen LogP contribution is 2.29. The van der Waals surface area contributed by atoms with Crippen molar-refractivity contribution < 1.29 is 27.4 Å². The van der Waals surface area contributed by atoms with Crippen molar-refractivity contribution in [1.82, 2.24) is 0 Å². The summed E-state index contributed by atoms with van der Waals surface area (Å²) in [5.74, 6) is -0.395. The molecule has 1 atom stereocenters. The van der Waals surface area contributed by atoms with Crippen molar-refractivity contribution in [3.63, 3.8) is 0 Å². The van der Waals surface area contributed by atoms with Crippen LogP contribution in [0.2, 0.25) is 0 Å². The minimum atomic E-state index is -4.53. The van der Waals surface area contributed by atoms with E-state index in [1.54, 1.807) is 0 Å². The summed E-state index contributed by atoms with van der Waals surface area (Å²) in [6, 6.07) is 5.16. The fourth-order valence-corrected chi connectivity index (χ4v) is 1.43. The van der Waals surface area contributed by atoms with E-state index in [1.807, 2.05) is 6.92 Å². The number of aliphatic hydroxyl groups excluding tert-OH is 1. The summed E-state index contributed by atoms with van der Waals surface area (Å²) in [5.41, 5.74) is 0.361. The van der Waals surface area contributed by atoms with Gasteiger partial charge in [0, 0.05) is 0 Å². The number of rotatable bonds is 6. The van der Waals surface area contributed by atoms with E-state index < -0.39 is 24.4 Å². The van der Waals surface area contributed by atoms with Crippen molar-refractivity contribution >= 4 is 0 Å². The first-order valence-electron chi connectivity index (χ1n) is 5.49. The van der Waals surface area contributed by atoms with Crippen LogP contribution in [0, 0.1) is 0 Å². The molecular formula is C12H14F4O2. The second kappa shape index (κ2) is 6.04. The van der Waals surface area contributed by atoms with Gasteiger partial charge in [0.2, 0.25) is 0 Å². The zero-order chi connectivity index (χ0) is 13.8. The van der Waals surface area contributed by atoms with Crippen molar-refractivity contribution in [3.05, 3.63) is 29.8 Å². The molecule has 0 bridgehead atoms. The second-order valence-corrected chi connectivity index (χ2v) is 3.84. The van der Waals surface area contributed by atoms with Gasteiger partial charge in [0.1, 0.15) is 5.75 Å². The number of aliphatic hydroxyl groups is 1. The Morgan fingerprint density at radius 2 is 2.00 bits per heavy atom. The van der Waals surface area contributed by atoms with Gasteiger partial charge in [-0.15, -0.1) is 0 Å². The van der Waals surface area contributed by atoms with E-state index >= 15 is 0 Å².